The van der Waals surface area contributed by atoms with Gasteiger partial charge in [-0.2, -0.15) is 0 Å². The van der Waals surface area contributed by atoms with Crippen LogP contribution in [0.2, 0.25) is 0 Å². The van der Waals surface area contributed by atoms with Crippen LogP contribution in [0.15, 0.2) is 0 Å². The quantitative estimate of drug-likeness (QED) is 0.781. The first-order valence-electron chi connectivity index (χ1n) is 6.15. The molecule has 0 aliphatic carbocycles. The van der Waals surface area contributed by atoms with Gasteiger partial charge in [-0.05, 0) is 19.3 Å². The monoisotopic (exact) mass is 228 g/mol. The normalized spacial score (nSPS) is 26.2. The van der Waals surface area contributed by atoms with Crippen molar-refractivity contribution in [2.24, 2.45) is 11.7 Å². The van der Waals surface area contributed by atoms with Crippen LogP contribution in [0, 0.1) is 5.92 Å². The van der Waals surface area contributed by atoms with E-state index < -0.39 is 0 Å². The van der Waals surface area contributed by atoms with Gasteiger partial charge < -0.3 is 15.4 Å². The number of nitrogens with zero attached hydrogens (tertiary/aromatic N) is 1. The minimum Gasteiger partial charge on any atom is -0.373 e. The van der Waals surface area contributed by atoms with Crippen LogP contribution in [0.5, 0.6) is 0 Å². The maximum Gasteiger partial charge on any atom is 0.222 e. The number of nitrogens with two attached hydrogens (primary N) is 1. The van der Waals surface area contributed by atoms with E-state index in [4.69, 9.17) is 10.5 Å². The lowest BCUT2D eigenvalue weighted by atomic mass is 10.1. The fourth-order valence-electron chi connectivity index (χ4n) is 1.86. The molecule has 1 saturated heterocycles. The molecule has 2 N–H and O–H groups in total. The Labute approximate surface area is 98.1 Å². The number of amides is 1. The summed E-state index contributed by atoms with van der Waals surface area (Å²) in [6.45, 7) is 8.04. The summed E-state index contributed by atoms with van der Waals surface area (Å²) < 4.78 is 5.53. The maximum atomic E-state index is 12.0. The Morgan fingerprint density at radius 1 is 1.56 bits per heavy atom. The third-order valence-corrected chi connectivity index (χ3v) is 3.02. The molecule has 4 nitrogen and oxygen atoms in total. The molecule has 1 amide bonds. The van der Waals surface area contributed by atoms with E-state index in [1.165, 1.54) is 0 Å². The molecule has 94 valence electrons. The predicted octanol–water partition coefficient (Wildman–Crippen LogP) is 0.997. The molecule has 1 heterocycles. The van der Waals surface area contributed by atoms with Crippen molar-refractivity contribution < 1.29 is 9.53 Å². The molecule has 1 rings (SSSR count). The molecule has 1 aliphatic rings. The van der Waals surface area contributed by atoms with Crippen molar-refractivity contribution >= 4 is 5.91 Å². The van der Waals surface area contributed by atoms with Gasteiger partial charge in [0.1, 0.15) is 0 Å². The third kappa shape index (κ3) is 3.76. The van der Waals surface area contributed by atoms with E-state index in [0.29, 0.717) is 32.0 Å². The lowest BCUT2D eigenvalue weighted by Crippen LogP contribution is -2.52. The lowest BCUT2D eigenvalue weighted by molar-refractivity contribution is -0.143. The Morgan fingerprint density at radius 3 is 2.81 bits per heavy atom. The van der Waals surface area contributed by atoms with E-state index in [1.807, 2.05) is 11.8 Å². The number of rotatable bonds is 4. The molecule has 4 heteroatoms. The molecule has 1 fully saturated rings. The third-order valence-electron chi connectivity index (χ3n) is 3.02. The van der Waals surface area contributed by atoms with Gasteiger partial charge in [-0.1, -0.05) is 13.8 Å². The summed E-state index contributed by atoms with van der Waals surface area (Å²) in [6, 6.07) is 0.183. The zero-order chi connectivity index (χ0) is 12.1. The van der Waals surface area contributed by atoms with Crippen LogP contribution in [-0.2, 0) is 9.53 Å². The Bertz CT molecular complexity index is 231. The molecule has 0 saturated carbocycles. The Balaban J connectivity index is 2.45. The second kappa shape index (κ2) is 6.21. The number of carbonyl (C=O) groups excluding carboxylic acids is 1. The molecule has 2 unspecified atom stereocenters. The van der Waals surface area contributed by atoms with Gasteiger partial charge in [0.05, 0.1) is 18.8 Å². The largest absolute Gasteiger partial charge is 0.373 e. The van der Waals surface area contributed by atoms with Crippen LogP contribution in [0.4, 0.5) is 0 Å². The fourth-order valence-corrected chi connectivity index (χ4v) is 1.86. The van der Waals surface area contributed by atoms with Crippen molar-refractivity contribution in [1.29, 1.82) is 0 Å². The highest BCUT2D eigenvalue weighted by Crippen LogP contribution is 2.14. The van der Waals surface area contributed by atoms with E-state index >= 15 is 0 Å². The van der Waals surface area contributed by atoms with Crippen LogP contribution in [0.25, 0.3) is 0 Å². The molecule has 0 aromatic rings. The Kier molecular flexibility index (Phi) is 5.22. The lowest BCUT2D eigenvalue weighted by Gasteiger charge is -2.37. The number of hydrogen-bond acceptors (Lipinski definition) is 3. The van der Waals surface area contributed by atoms with E-state index in [-0.39, 0.29) is 18.1 Å². The van der Waals surface area contributed by atoms with Crippen molar-refractivity contribution in [3.05, 3.63) is 0 Å². The molecule has 1 aliphatic heterocycles. The van der Waals surface area contributed by atoms with Crippen molar-refractivity contribution in [2.75, 3.05) is 19.7 Å². The smallest absolute Gasteiger partial charge is 0.222 e. The first-order valence-corrected chi connectivity index (χ1v) is 6.15. The summed E-state index contributed by atoms with van der Waals surface area (Å²) in [7, 11) is 0. The Morgan fingerprint density at radius 2 is 2.25 bits per heavy atom. The number of morpholine rings is 1. The molecule has 0 spiro atoms. The van der Waals surface area contributed by atoms with Gasteiger partial charge in [0.2, 0.25) is 5.91 Å². The van der Waals surface area contributed by atoms with Gasteiger partial charge in [0, 0.05) is 19.5 Å². The molecule has 0 aromatic carbocycles. The van der Waals surface area contributed by atoms with Crippen LogP contribution in [0.1, 0.15) is 33.6 Å². The molecular weight excluding hydrogens is 204 g/mol. The van der Waals surface area contributed by atoms with Crippen molar-refractivity contribution in [2.45, 2.75) is 45.8 Å². The maximum absolute atomic E-state index is 12.0. The van der Waals surface area contributed by atoms with Crippen LogP contribution >= 0.6 is 0 Å². The van der Waals surface area contributed by atoms with Gasteiger partial charge in [0.15, 0.2) is 0 Å². The standard InChI is InChI=1S/C12H24N2O2/c1-9(2)4-5-12(15)14-7-11(6-13)16-8-10(14)3/h9-11H,4-8,13H2,1-3H3. The summed E-state index contributed by atoms with van der Waals surface area (Å²) in [5.41, 5.74) is 5.57. The minimum absolute atomic E-state index is 0.0131. The molecule has 0 bridgehead atoms. The van der Waals surface area contributed by atoms with Gasteiger partial charge in [-0.25, -0.2) is 0 Å². The number of ether oxygens (including phenoxy) is 1. The molecule has 2 atom stereocenters. The summed E-state index contributed by atoms with van der Waals surface area (Å²) in [5.74, 6) is 0.813. The topological polar surface area (TPSA) is 55.6 Å². The van der Waals surface area contributed by atoms with Crippen LogP contribution < -0.4 is 5.73 Å². The first kappa shape index (κ1) is 13.5. The van der Waals surface area contributed by atoms with Crippen LogP contribution in [0.3, 0.4) is 0 Å². The summed E-state index contributed by atoms with van der Waals surface area (Å²) >= 11 is 0. The molecule has 0 aromatic heterocycles. The minimum atomic E-state index is 0.0131. The highest BCUT2D eigenvalue weighted by Gasteiger charge is 2.28. The first-order chi connectivity index (χ1) is 7.54. The summed E-state index contributed by atoms with van der Waals surface area (Å²) in [6.07, 6.45) is 1.61. The Hall–Kier alpha value is -0.610. The number of hydrogen-bond donors (Lipinski definition) is 1. The zero-order valence-corrected chi connectivity index (χ0v) is 10.6. The average Bonchev–Trinajstić information content (AvgIpc) is 2.26. The summed E-state index contributed by atoms with van der Waals surface area (Å²) in [4.78, 5) is 13.9. The predicted molar refractivity (Wildman–Crippen MR) is 64.0 cm³/mol. The molecular formula is C12H24N2O2. The van der Waals surface area contributed by atoms with Gasteiger partial charge in [-0.15, -0.1) is 0 Å². The second-order valence-corrected chi connectivity index (χ2v) is 5.02. The summed E-state index contributed by atoms with van der Waals surface area (Å²) in [5, 5.41) is 0. The van der Waals surface area contributed by atoms with Crippen molar-refractivity contribution in [1.82, 2.24) is 4.90 Å². The fraction of sp³-hybridized carbons (Fsp3) is 0.917. The highest BCUT2D eigenvalue weighted by atomic mass is 16.5. The van der Waals surface area contributed by atoms with Gasteiger partial charge in [-0.3, -0.25) is 4.79 Å². The van der Waals surface area contributed by atoms with E-state index in [0.717, 1.165) is 6.42 Å². The van der Waals surface area contributed by atoms with Crippen molar-refractivity contribution in [3.63, 3.8) is 0 Å². The molecule has 0 radical (unpaired) electrons. The van der Waals surface area contributed by atoms with Gasteiger partial charge >= 0.3 is 0 Å². The van der Waals surface area contributed by atoms with E-state index in [9.17, 15) is 4.79 Å². The highest BCUT2D eigenvalue weighted by molar-refractivity contribution is 5.76. The molecule has 16 heavy (non-hydrogen) atoms. The van der Waals surface area contributed by atoms with Crippen molar-refractivity contribution in [3.8, 4) is 0 Å². The van der Waals surface area contributed by atoms with E-state index in [1.54, 1.807) is 0 Å². The average molecular weight is 228 g/mol. The zero-order valence-electron chi connectivity index (χ0n) is 10.6. The van der Waals surface area contributed by atoms with Crippen LogP contribution in [-0.4, -0.2) is 42.6 Å². The number of carbonyl (C=O) groups is 1. The SMILES string of the molecule is CC(C)CCC(=O)N1CC(CN)OCC1C. The van der Waals surface area contributed by atoms with E-state index in [2.05, 4.69) is 13.8 Å². The second-order valence-electron chi connectivity index (χ2n) is 5.02. The van der Waals surface area contributed by atoms with Gasteiger partial charge in [0.25, 0.3) is 0 Å².